The smallest absolute Gasteiger partial charge is 0.0791 e. The van der Waals surface area contributed by atoms with E-state index in [9.17, 15) is 5.11 Å². The number of rotatable bonds is 7. The van der Waals surface area contributed by atoms with Crippen molar-refractivity contribution in [2.45, 2.75) is 38.8 Å². The SMILES string of the molecule is CC(C)C(NCC(O)CN1CCCC1)c1cccs1. The molecule has 0 amide bonds. The Labute approximate surface area is 120 Å². The summed E-state index contributed by atoms with van der Waals surface area (Å²) in [5.74, 6) is 0.539. The maximum atomic E-state index is 10.1. The second-order valence-electron chi connectivity index (χ2n) is 5.81. The van der Waals surface area contributed by atoms with Crippen LogP contribution in [0.3, 0.4) is 0 Å². The molecule has 108 valence electrons. The molecule has 3 nitrogen and oxygen atoms in total. The Bertz CT molecular complexity index is 347. The molecule has 1 aromatic heterocycles. The topological polar surface area (TPSA) is 35.5 Å². The Morgan fingerprint density at radius 3 is 2.68 bits per heavy atom. The van der Waals surface area contributed by atoms with Gasteiger partial charge in [-0.25, -0.2) is 0 Å². The summed E-state index contributed by atoms with van der Waals surface area (Å²) >= 11 is 1.79. The molecule has 0 spiro atoms. The van der Waals surface area contributed by atoms with E-state index < -0.39 is 0 Å². The van der Waals surface area contributed by atoms with Gasteiger partial charge in [-0.15, -0.1) is 11.3 Å². The average Bonchev–Trinajstić information content (AvgIpc) is 3.01. The predicted octanol–water partition coefficient (Wildman–Crippen LogP) is 2.49. The van der Waals surface area contributed by atoms with Crippen molar-refractivity contribution < 1.29 is 5.11 Å². The van der Waals surface area contributed by atoms with Crippen LogP contribution in [-0.4, -0.2) is 42.3 Å². The molecular weight excluding hydrogens is 256 g/mol. The van der Waals surface area contributed by atoms with Crippen LogP contribution >= 0.6 is 11.3 Å². The van der Waals surface area contributed by atoms with Gasteiger partial charge < -0.3 is 15.3 Å². The molecule has 0 aliphatic carbocycles. The molecule has 1 aliphatic rings. The third-order valence-electron chi connectivity index (χ3n) is 3.76. The molecule has 19 heavy (non-hydrogen) atoms. The zero-order chi connectivity index (χ0) is 13.7. The first-order valence-electron chi connectivity index (χ1n) is 7.34. The van der Waals surface area contributed by atoms with Crippen LogP contribution < -0.4 is 5.32 Å². The van der Waals surface area contributed by atoms with Crippen molar-refractivity contribution in [3.63, 3.8) is 0 Å². The molecule has 1 aromatic rings. The molecule has 2 N–H and O–H groups in total. The van der Waals surface area contributed by atoms with E-state index in [1.54, 1.807) is 11.3 Å². The van der Waals surface area contributed by atoms with Gasteiger partial charge in [-0.1, -0.05) is 19.9 Å². The highest BCUT2D eigenvalue weighted by Gasteiger charge is 2.19. The largest absolute Gasteiger partial charge is 0.390 e. The number of nitrogens with zero attached hydrogens (tertiary/aromatic N) is 1. The number of aliphatic hydroxyl groups excluding tert-OH is 1. The molecule has 0 saturated carbocycles. The second-order valence-corrected chi connectivity index (χ2v) is 6.79. The zero-order valence-electron chi connectivity index (χ0n) is 12.0. The molecule has 4 heteroatoms. The lowest BCUT2D eigenvalue weighted by Gasteiger charge is -2.25. The van der Waals surface area contributed by atoms with Crippen LogP contribution in [0.2, 0.25) is 0 Å². The lowest BCUT2D eigenvalue weighted by atomic mass is 10.0. The molecule has 0 radical (unpaired) electrons. The fourth-order valence-corrected chi connectivity index (χ4v) is 3.70. The maximum Gasteiger partial charge on any atom is 0.0791 e. The molecule has 1 aliphatic heterocycles. The van der Waals surface area contributed by atoms with Crippen molar-refractivity contribution in [1.29, 1.82) is 0 Å². The van der Waals surface area contributed by atoms with Crippen LogP contribution in [0.1, 0.15) is 37.6 Å². The number of thiophene rings is 1. The van der Waals surface area contributed by atoms with Gasteiger partial charge in [-0.05, 0) is 43.3 Å². The summed E-state index contributed by atoms with van der Waals surface area (Å²) in [4.78, 5) is 3.73. The molecule has 1 saturated heterocycles. The third-order valence-corrected chi connectivity index (χ3v) is 4.71. The summed E-state index contributed by atoms with van der Waals surface area (Å²) in [5, 5.41) is 15.8. The van der Waals surface area contributed by atoms with Crippen molar-refractivity contribution in [2.24, 2.45) is 5.92 Å². The van der Waals surface area contributed by atoms with Gasteiger partial charge in [-0.3, -0.25) is 0 Å². The zero-order valence-corrected chi connectivity index (χ0v) is 12.8. The van der Waals surface area contributed by atoms with Crippen LogP contribution in [-0.2, 0) is 0 Å². The first-order chi connectivity index (χ1) is 9.16. The lowest BCUT2D eigenvalue weighted by Crippen LogP contribution is -2.39. The Hall–Kier alpha value is -0.420. The van der Waals surface area contributed by atoms with Crippen LogP contribution in [0.15, 0.2) is 17.5 Å². The standard InChI is InChI=1S/C15H26N2OS/c1-12(2)15(14-6-5-9-19-14)16-10-13(18)11-17-7-3-4-8-17/h5-6,9,12-13,15-16,18H,3-4,7-8,10-11H2,1-2H3. The van der Waals surface area contributed by atoms with Crippen molar-refractivity contribution in [1.82, 2.24) is 10.2 Å². The summed E-state index contributed by atoms with van der Waals surface area (Å²) in [5.41, 5.74) is 0. The number of hydrogen-bond acceptors (Lipinski definition) is 4. The van der Waals surface area contributed by atoms with Gasteiger partial charge >= 0.3 is 0 Å². The van der Waals surface area contributed by atoms with E-state index in [0.29, 0.717) is 18.5 Å². The van der Waals surface area contributed by atoms with Gasteiger partial charge in [0.05, 0.1) is 6.10 Å². The number of β-amino-alcohol motifs (C(OH)–C–C–N with tert-alkyl or cyclic N) is 1. The summed E-state index contributed by atoms with van der Waals surface area (Å²) in [6, 6.07) is 4.63. The van der Waals surface area contributed by atoms with Gasteiger partial charge in [0.25, 0.3) is 0 Å². The Kier molecular flexibility index (Phi) is 5.82. The van der Waals surface area contributed by atoms with E-state index in [4.69, 9.17) is 0 Å². The number of nitrogens with one attached hydrogen (secondary N) is 1. The Morgan fingerprint density at radius 1 is 1.37 bits per heavy atom. The summed E-state index contributed by atoms with van der Waals surface area (Å²) in [6.07, 6.45) is 2.30. The molecule has 2 unspecified atom stereocenters. The summed E-state index contributed by atoms with van der Waals surface area (Å²) in [6.45, 7) is 8.24. The van der Waals surface area contributed by atoms with Crippen molar-refractivity contribution >= 4 is 11.3 Å². The number of aliphatic hydroxyl groups is 1. The van der Waals surface area contributed by atoms with Gasteiger partial charge in [0.1, 0.15) is 0 Å². The molecule has 0 aromatic carbocycles. The van der Waals surface area contributed by atoms with Crippen molar-refractivity contribution in [3.05, 3.63) is 22.4 Å². The maximum absolute atomic E-state index is 10.1. The summed E-state index contributed by atoms with van der Waals surface area (Å²) < 4.78 is 0. The molecule has 2 heterocycles. The molecule has 2 rings (SSSR count). The Morgan fingerprint density at radius 2 is 2.11 bits per heavy atom. The minimum atomic E-state index is -0.265. The van der Waals surface area contributed by atoms with Gasteiger partial charge in [-0.2, -0.15) is 0 Å². The van der Waals surface area contributed by atoms with Crippen molar-refractivity contribution in [2.75, 3.05) is 26.2 Å². The van der Waals surface area contributed by atoms with Crippen LogP contribution in [0.4, 0.5) is 0 Å². The average molecular weight is 282 g/mol. The van der Waals surface area contributed by atoms with Gasteiger partial charge in [0.2, 0.25) is 0 Å². The van der Waals surface area contributed by atoms with Crippen LogP contribution in [0.5, 0.6) is 0 Å². The quantitative estimate of drug-likeness (QED) is 0.806. The highest BCUT2D eigenvalue weighted by Crippen LogP contribution is 2.25. The molecular formula is C15H26N2OS. The van der Waals surface area contributed by atoms with E-state index in [1.165, 1.54) is 17.7 Å². The highest BCUT2D eigenvalue weighted by atomic mass is 32.1. The van der Waals surface area contributed by atoms with E-state index in [2.05, 4.69) is 41.6 Å². The van der Waals surface area contributed by atoms with Crippen LogP contribution in [0, 0.1) is 5.92 Å². The summed E-state index contributed by atoms with van der Waals surface area (Å²) in [7, 11) is 0. The normalized spacial score (nSPS) is 20.0. The fourth-order valence-electron chi connectivity index (χ4n) is 2.72. The van der Waals surface area contributed by atoms with E-state index in [1.807, 2.05) is 0 Å². The van der Waals surface area contributed by atoms with E-state index in [-0.39, 0.29) is 6.10 Å². The first-order valence-corrected chi connectivity index (χ1v) is 8.22. The molecule has 0 bridgehead atoms. The van der Waals surface area contributed by atoms with E-state index in [0.717, 1.165) is 19.6 Å². The number of hydrogen-bond donors (Lipinski definition) is 2. The van der Waals surface area contributed by atoms with E-state index >= 15 is 0 Å². The first kappa shape index (κ1) is 15.0. The third kappa shape index (κ3) is 4.56. The van der Waals surface area contributed by atoms with Gasteiger partial charge in [0, 0.05) is 24.0 Å². The number of likely N-dealkylation sites (tertiary alicyclic amines) is 1. The lowest BCUT2D eigenvalue weighted by molar-refractivity contribution is 0.118. The predicted molar refractivity (Wildman–Crippen MR) is 81.6 cm³/mol. The molecule has 1 fully saturated rings. The second kappa shape index (κ2) is 7.39. The monoisotopic (exact) mass is 282 g/mol. The highest BCUT2D eigenvalue weighted by molar-refractivity contribution is 7.10. The van der Waals surface area contributed by atoms with Crippen LogP contribution in [0.25, 0.3) is 0 Å². The molecule has 2 atom stereocenters. The Balaban J connectivity index is 1.78. The minimum Gasteiger partial charge on any atom is -0.390 e. The van der Waals surface area contributed by atoms with Crippen molar-refractivity contribution in [3.8, 4) is 0 Å². The minimum absolute atomic E-state index is 0.265. The van der Waals surface area contributed by atoms with Gasteiger partial charge in [0.15, 0.2) is 0 Å². The fraction of sp³-hybridized carbons (Fsp3) is 0.733.